The number of ketones is 1. The second kappa shape index (κ2) is 10.7. The second-order valence-corrected chi connectivity index (χ2v) is 6.81. The lowest BCUT2D eigenvalue weighted by molar-refractivity contribution is -0.114. The summed E-state index contributed by atoms with van der Waals surface area (Å²) in [6.07, 6.45) is 0.524. The molecule has 3 aromatic rings. The Kier molecular flexibility index (Phi) is 3.70. The summed E-state index contributed by atoms with van der Waals surface area (Å²) < 4.78 is 131. The van der Waals surface area contributed by atoms with Crippen LogP contribution in [0.1, 0.15) is 42.7 Å². The van der Waals surface area contributed by atoms with Gasteiger partial charge in [0.2, 0.25) is 0 Å². The molecule has 0 aliphatic heterocycles. The second-order valence-electron chi connectivity index (χ2n) is 6.81. The number of nitriles is 1. The zero-order chi connectivity index (χ0) is 36.0. The number of ether oxygens (including phenoxy) is 1. The van der Waals surface area contributed by atoms with Gasteiger partial charge in [-0.15, -0.1) is 0 Å². The van der Waals surface area contributed by atoms with E-state index in [0.717, 1.165) is 11.0 Å². The monoisotopic (exact) mass is 460 g/mol. The third-order valence-corrected chi connectivity index (χ3v) is 4.29. The number of allylic oxidation sites excluding steroid dienone is 1. The van der Waals surface area contributed by atoms with Crippen LogP contribution in [0.2, 0.25) is 0 Å². The van der Waals surface area contributed by atoms with Gasteiger partial charge < -0.3 is 15.0 Å². The van der Waals surface area contributed by atoms with E-state index in [1.165, 1.54) is 20.0 Å². The van der Waals surface area contributed by atoms with E-state index in [2.05, 4.69) is 10.3 Å². The van der Waals surface area contributed by atoms with Crippen LogP contribution in [-0.2, 0) is 11.2 Å². The number of carbonyl (C=O) groups excluding carboxylic acids is 1. The molecule has 2 aromatic carbocycles. The molecule has 0 amide bonds. The van der Waals surface area contributed by atoms with Crippen molar-refractivity contribution < 1.29 is 33.1 Å². The summed E-state index contributed by atoms with van der Waals surface area (Å²) in [5.41, 5.74) is -3.03. The summed E-state index contributed by atoms with van der Waals surface area (Å²) in [5, 5.41) is 12.0. The number of benzene rings is 2. The third-order valence-electron chi connectivity index (χ3n) is 4.29. The van der Waals surface area contributed by atoms with Crippen molar-refractivity contribution in [1.29, 1.82) is 5.26 Å². The number of pyridine rings is 1. The van der Waals surface area contributed by atoms with Crippen molar-refractivity contribution in [2.45, 2.75) is 20.2 Å². The highest BCUT2D eigenvalue weighted by molar-refractivity contribution is 5.98. The van der Waals surface area contributed by atoms with Crippen LogP contribution in [0.15, 0.2) is 48.5 Å². The average Bonchev–Trinajstić information content (AvgIpc) is 2.96. The molecule has 1 heterocycles. The molecule has 1 aromatic heterocycles. The Hall–Kier alpha value is -3.76. The zero-order valence-corrected chi connectivity index (χ0v) is 17.6. The Balaban J connectivity index is 2.39. The maximum Gasteiger partial charge on any atom is 0.159 e. The Morgan fingerprint density at radius 1 is 1.45 bits per heavy atom. The Morgan fingerprint density at radius 2 is 2.30 bits per heavy atom. The first kappa shape index (κ1) is 11.4. The Morgan fingerprint density at radius 3 is 3.06 bits per heavy atom. The largest absolute Gasteiger partial charge is 0.494 e. The molecule has 0 unspecified atom stereocenters. The summed E-state index contributed by atoms with van der Waals surface area (Å²) in [6, 6.07) is -2.26. The molecule has 0 atom stereocenters. The first-order valence-corrected chi connectivity index (χ1v) is 9.45. The lowest BCUT2D eigenvalue weighted by Gasteiger charge is -2.15. The molecule has 33 heavy (non-hydrogen) atoms. The summed E-state index contributed by atoms with van der Waals surface area (Å²) in [4.78, 5) is 17.9. The quantitative estimate of drug-likeness (QED) is 0.457. The summed E-state index contributed by atoms with van der Waals surface area (Å²) >= 11 is 0. The van der Waals surface area contributed by atoms with Gasteiger partial charge in [-0.3, -0.25) is 9.78 Å². The zero-order valence-electron chi connectivity index (χ0n) is 31.6. The number of carbonyl (C=O) groups is 1. The molecule has 0 saturated heterocycles. The van der Waals surface area contributed by atoms with Gasteiger partial charge in [-0.1, -0.05) is 6.08 Å². The minimum atomic E-state index is -3.47. The van der Waals surface area contributed by atoms with Crippen molar-refractivity contribution in [1.82, 2.24) is 9.88 Å². The SMILES string of the molecule is [2H]c1nc2c([2H])c(OC([2H])([2H])C([2H])([2H])[2H])c(CC(=O)/C=C/CN(C)C([2H])([2H])[2H])c([2H])c2c(Nc2c([2H])c([2H])c(F)c(C)c2[2H])c1C#N. The molecule has 7 heteroatoms. The number of nitrogens with zero attached hydrogens (tertiary/aromatic N) is 3. The van der Waals surface area contributed by atoms with E-state index < -0.39 is 114 Å². The first-order chi connectivity index (χ1) is 21.5. The third kappa shape index (κ3) is 5.93. The number of halogens is 1. The molecule has 0 aliphatic carbocycles. The first-order valence-electron chi connectivity index (χ1n) is 16.4. The van der Waals surface area contributed by atoms with E-state index in [1.54, 1.807) is 6.07 Å². The van der Waals surface area contributed by atoms with Crippen molar-refractivity contribution in [3.05, 3.63) is 71.0 Å². The number of aromatic nitrogens is 1. The Bertz CT molecular complexity index is 1810. The number of likely N-dealkylation sites (N-methyl/N-ethyl adjacent to an activating group) is 1. The van der Waals surface area contributed by atoms with E-state index in [0.29, 0.717) is 0 Å². The van der Waals surface area contributed by atoms with Crippen LogP contribution in [0.25, 0.3) is 10.9 Å². The van der Waals surface area contributed by atoms with Gasteiger partial charge in [0.15, 0.2) is 5.78 Å². The number of hydrogen-bond donors (Lipinski definition) is 1. The van der Waals surface area contributed by atoms with Gasteiger partial charge in [0.25, 0.3) is 0 Å². The van der Waals surface area contributed by atoms with Crippen LogP contribution < -0.4 is 10.1 Å². The topological polar surface area (TPSA) is 78.2 Å². The minimum absolute atomic E-state index is 0.210. The highest BCUT2D eigenvalue weighted by atomic mass is 19.1. The highest BCUT2D eigenvalue weighted by Gasteiger charge is 2.16. The molecule has 1 N–H and O–H groups in total. The lowest BCUT2D eigenvalue weighted by atomic mass is 10.0. The van der Waals surface area contributed by atoms with Crippen molar-refractivity contribution >= 4 is 28.1 Å². The van der Waals surface area contributed by atoms with Gasteiger partial charge in [0, 0.05) is 50.0 Å². The maximum absolute atomic E-state index is 14.4. The fourth-order valence-corrected chi connectivity index (χ4v) is 2.79. The highest BCUT2D eigenvalue weighted by Crippen LogP contribution is 2.34. The van der Waals surface area contributed by atoms with Gasteiger partial charge in [-0.05, 0) is 63.6 Å². The van der Waals surface area contributed by atoms with E-state index >= 15 is 0 Å². The molecule has 0 spiro atoms. The predicted octanol–water partition coefficient (Wildman–Crippen LogP) is 4.93. The summed E-state index contributed by atoms with van der Waals surface area (Å²) in [6.45, 7) is -8.41. The van der Waals surface area contributed by atoms with Gasteiger partial charge in [0.05, 0.1) is 34.3 Å². The van der Waals surface area contributed by atoms with Gasteiger partial charge >= 0.3 is 0 Å². The molecule has 170 valence electrons. The van der Waals surface area contributed by atoms with Crippen molar-refractivity contribution in [2.24, 2.45) is 0 Å². The maximum atomic E-state index is 14.4. The van der Waals surface area contributed by atoms with Crippen molar-refractivity contribution in [3.63, 3.8) is 0 Å². The van der Waals surface area contributed by atoms with Crippen LogP contribution in [0.5, 0.6) is 5.75 Å². The van der Waals surface area contributed by atoms with E-state index in [1.807, 2.05) is 0 Å². The van der Waals surface area contributed by atoms with E-state index in [9.17, 15) is 14.4 Å². The fraction of sp³-hybridized carbons (Fsp3) is 0.269. The number of rotatable bonds is 9. The normalized spacial score (nSPS) is 18.5. The predicted molar refractivity (Wildman–Crippen MR) is 128 cm³/mol. The van der Waals surface area contributed by atoms with Crippen LogP contribution in [0.4, 0.5) is 15.8 Å². The van der Waals surface area contributed by atoms with Gasteiger partial charge in [-0.25, -0.2) is 4.39 Å². The van der Waals surface area contributed by atoms with Crippen LogP contribution >= 0.6 is 0 Å². The Labute approximate surface area is 213 Å². The molecular formula is C26H27FN4O2. The van der Waals surface area contributed by atoms with Crippen LogP contribution in [0, 0.1) is 24.1 Å². The standard InChI is InChI=1S/C26H27FN4O2/c1-5-33-25-14-24-22(13-18(25)12-21(32)7-6-10-31(3)4)26(19(15-28)16-29-24)30-20-8-9-23(27)17(2)11-20/h6-9,11,13-14,16H,5,10,12H2,1-4H3,(H,29,30)/b7-6+/i1D3,3D3,5D2,8D,9D,11D,13D,14D,16D. The van der Waals surface area contributed by atoms with Crippen LogP contribution in [0.3, 0.4) is 0 Å². The van der Waals surface area contributed by atoms with Gasteiger partial charge in [0.1, 0.15) is 17.6 Å². The van der Waals surface area contributed by atoms with E-state index in [-0.39, 0.29) is 12.1 Å². The number of anilines is 2. The summed E-state index contributed by atoms with van der Waals surface area (Å²) in [7, 11) is 1.27. The average molecular weight is 461 g/mol. The molecule has 6 nitrogen and oxygen atoms in total. The smallest absolute Gasteiger partial charge is 0.159 e. The van der Waals surface area contributed by atoms with Gasteiger partial charge in [-0.2, -0.15) is 5.26 Å². The van der Waals surface area contributed by atoms with Crippen LogP contribution in [-0.4, -0.2) is 42.8 Å². The molecule has 0 saturated carbocycles. The van der Waals surface area contributed by atoms with E-state index in [4.69, 9.17) is 23.9 Å². The molecular weight excluding hydrogens is 419 g/mol. The fourth-order valence-electron chi connectivity index (χ4n) is 2.79. The molecule has 0 aliphatic rings. The number of fused-ring (bicyclic) bond motifs is 1. The molecule has 0 radical (unpaired) electrons. The minimum Gasteiger partial charge on any atom is -0.494 e. The number of hydrogen-bond acceptors (Lipinski definition) is 6. The lowest BCUT2D eigenvalue weighted by Crippen LogP contribution is -2.11. The molecule has 0 bridgehead atoms. The van der Waals surface area contributed by atoms with Crippen molar-refractivity contribution in [2.75, 3.05) is 32.4 Å². The molecule has 3 rings (SSSR count). The van der Waals surface area contributed by atoms with Crippen molar-refractivity contribution in [3.8, 4) is 11.8 Å². The number of nitrogens with one attached hydrogen (secondary N) is 1. The summed E-state index contributed by atoms with van der Waals surface area (Å²) in [5.74, 6) is -2.85. The molecule has 0 fully saturated rings.